The van der Waals surface area contributed by atoms with Gasteiger partial charge in [0.15, 0.2) is 0 Å². The Hall–Kier alpha value is -0.170. The average Bonchev–Trinajstić information content (AvgIpc) is 3.07. The summed E-state index contributed by atoms with van der Waals surface area (Å²) in [4.78, 5) is 0. The van der Waals surface area contributed by atoms with Crippen LogP contribution in [0.15, 0.2) is 0 Å². The molecule has 1 unspecified atom stereocenters. The van der Waals surface area contributed by atoms with Crippen LogP contribution in [-0.4, -0.2) is 43.9 Å². The van der Waals surface area contributed by atoms with Crippen molar-refractivity contribution in [2.45, 2.75) is 58.0 Å². The molecule has 2 fully saturated rings. The molecule has 0 amide bonds. The molecule has 5 nitrogen and oxygen atoms in total. The first-order valence-electron chi connectivity index (χ1n) is 7.29. The van der Waals surface area contributed by atoms with Gasteiger partial charge in [-0.25, -0.2) is 0 Å². The molecule has 0 aromatic rings. The first kappa shape index (κ1) is 15.2. The molecule has 1 aliphatic heterocycles. The Morgan fingerprint density at radius 2 is 1.89 bits per heavy atom. The minimum absolute atomic E-state index is 0.419. The van der Waals surface area contributed by atoms with Gasteiger partial charge in [-0.2, -0.15) is 17.4 Å². The van der Waals surface area contributed by atoms with Crippen LogP contribution < -0.4 is 10.0 Å². The normalized spacial score (nSPS) is 26.6. The first-order valence-corrected chi connectivity index (χ1v) is 8.73. The Bertz CT molecular complexity index is 399. The highest BCUT2D eigenvalue weighted by atomic mass is 32.2. The Balaban J connectivity index is 1.88. The van der Waals surface area contributed by atoms with Crippen molar-refractivity contribution in [3.05, 3.63) is 0 Å². The standard InChI is InChI=1S/C13H27N3O2S/c1-13(2,3)15-19(17,18)16-8-4-5-11(10-16)9-14-12-6-7-12/h11-12,14-15H,4-10H2,1-3H3. The molecule has 0 bridgehead atoms. The van der Waals surface area contributed by atoms with Crippen molar-refractivity contribution in [2.75, 3.05) is 19.6 Å². The molecule has 6 heteroatoms. The number of hydrogen-bond donors (Lipinski definition) is 2. The molecule has 112 valence electrons. The van der Waals surface area contributed by atoms with Crippen LogP contribution in [0.3, 0.4) is 0 Å². The van der Waals surface area contributed by atoms with E-state index in [1.54, 1.807) is 4.31 Å². The summed E-state index contributed by atoms with van der Waals surface area (Å²) in [5, 5.41) is 3.50. The van der Waals surface area contributed by atoms with Gasteiger partial charge >= 0.3 is 0 Å². The third-order valence-electron chi connectivity index (χ3n) is 3.53. The van der Waals surface area contributed by atoms with E-state index in [-0.39, 0.29) is 0 Å². The Kier molecular flexibility index (Phi) is 4.55. The smallest absolute Gasteiger partial charge is 0.279 e. The van der Waals surface area contributed by atoms with E-state index < -0.39 is 15.7 Å². The molecule has 1 atom stereocenters. The molecule has 2 rings (SSSR count). The molecule has 0 aromatic heterocycles. The van der Waals surface area contributed by atoms with Gasteiger partial charge < -0.3 is 5.32 Å². The molecule has 1 heterocycles. The highest BCUT2D eigenvalue weighted by molar-refractivity contribution is 7.87. The zero-order valence-electron chi connectivity index (χ0n) is 12.3. The van der Waals surface area contributed by atoms with E-state index in [4.69, 9.17) is 0 Å². The molecular weight excluding hydrogens is 262 g/mol. The SMILES string of the molecule is CC(C)(C)NS(=O)(=O)N1CCCC(CNC2CC2)C1. The van der Waals surface area contributed by atoms with Gasteiger partial charge in [0.1, 0.15) is 0 Å². The van der Waals surface area contributed by atoms with Crippen LogP contribution in [0.4, 0.5) is 0 Å². The maximum atomic E-state index is 12.3. The number of nitrogens with one attached hydrogen (secondary N) is 2. The second-order valence-corrected chi connectivity index (χ2v) is 8.58. The second-order valence-electron chi connectivity index (χ2n) is 6.91. The van der Waals surface area contributed by atoms with E-state index in [0.717, 1.165) is 19.4 Å². The van der Waals surface area contributed by atoms with Gasteiger partial charge in [0.25, 0.3) is 10.2 Å². The number of piperidine rings is 1. The van der Waals surface area contributed by atoms with E-state index in [9.17, 15) is 8.42 Å². The Morgan fingerprint density at radius 1 is 1.21 bits per heavy atom. The minimum Gasteiger partial charge on any atom is -0.314 e. The van der Waals surface area contributed by atoms with Crippen LogP contribution in [0.2, 0.25) is 0 Å². The van der Waals surface area contributed by atoms with Crippen molar-refractivity contribution in [3.63, 3.8) is 0 Å². The van der Waals surface area contributed by atoms with Gasteiger partial charge in [0.2, 0.25) is 0 Å². The largest absolute Gasteiger partial charge is 0.314 e. The van der Waals surface area contributed by atoms with Crippen molar-refractivity contribution in [3.8, 4) is 0 Å². The van der Waals surface area contributed by atoms with Crippen molar-refractivity contribution in [2.24, 2.45) is 5.92 Å². The molecule has 2 aliphatic rings. The molecule has 1 saturated carbocycles. The van der Waals surface area contributed by atoms with E-state index in [1.807, 2.05) is 20.8 Å². The maximum absolute atomic E-state index is 12.3. The van der Waals surface area contributed by atoms with Crippen LogP contribution in [0.5, 0.6) is 0 Å². The highest BCUT2D eigenvalue weighted by Crippen LogP contribution is 2.22. The zero-order chi connectivity index (χ0) is 14.1. The molecule has 1 saturated heterocycles. The molecule has 0 radical (unpaired) electrons. The Morgan fingerprint density at radius 3 is 2.47 bits per heavy atom. The van der Waals surface area contributed by atoms with Crippen LogP contribution in [0, 0.1) is 5.92 Å². The van der Waals surface area contributed by atoms with Crippen LogP contribution in [0.25, 0.3) is 0 Å². The van der Waals surface area contributed by atoms with E-state index in [2.05, 4.69) is 10.0 Å². The van der Waals surface area contributed by atoms with Gasteiger partial charge in [-0.3, -0.25) is 0 Å². The van der Waals surface area contributed by atoms with Gasteiger partial charge in [0, 0.05) is 24.7 Å². The zero-order valence-corrected chi connectivity index (χ0v) is 13.1. The third-order valence-corrected chi connectivity index (χ3v) is 5.41. The van der Waals surface area contributed by atoms with E-state index >= 15 is 0 Å². The summed E-state index contributed by atoms with van der Waals surface area (Å²) in [7, 11) is -3.34. The quantitative estimate of drug-likeness (QED) is 0.796. The number of rotatable bonds is 5. The monoisotopic (exact) mass is 289 g/mol. The number of nitrogens with zero attached hydrogens (tertiary/aromatic N) is 1. The fraction of sp³-hybridized carbons (Fsp3) is 1.00. The van der Waals surface area contributed by atoms with Crippen molar-refractivity contribution < 1.29 is 8.42 Å². The number of hydrogen-bond acceptors (Lipinski definition) is 3. The van der Waals surface area contributed by atoms with Gasteiger partial charge in [0.05, 0.1) is 0 Å². The summed E-state index contributed by atoms with van der Waals surface area (Å²) in [5.74, 6) is 0.450. The van der Waals surface area contributed by atoms with Crippen molar-refractivity contribution >= 4 is 10.2 Å². The topological polar surface area (TPSA) is 61.4 Å². The lowest BCUT2D eigenvalue weighted by Crippen LogP contribution is -2.52. The summed E-state index contributed by atoms with van der Waals surface area (Å²) < 4.78 is 28.9. The predicted molar refractivity (Wildman–Crippen MR) is 77.1 cm³/mol. The van der Waals surface area contributed by atoms with Gasteiger partial charge in [-0.15, -0.1) is 0 Å². The summed E-state index contributed by atoms with van der Waals surface area (Å²) in [6.07, 6.45) is 4.64. The third kappa shape index (κ3) is 5.02. The first-order chi connectivity index (χ1) is 8.76. The molecule has 0 aromatic carbocycles. The van der Waals surface area contributed by atoms with Crippen LogP contribution >= 0.6 is 0 Å². The van der Waals surface area contributed by atoms with Crippen molar-refractivity contribution in [1.82, 2.24) is 14.3 Å². The average molecular weight is 289 g/mol. The van der Waals surface area contributed by atoms with Gasteiger partial charge in [-0.1, -0.05) is 0 Å². The molecule has 2 N–H and O–H groups in total. The lowest BCUT2D eigenvalue weighted by Gasteiger charge is -2.34. The fourth-order valence-corrected chi connectivity index (χ4v) is 4.16. The second kappa shape index (κ2) is 5.68. The summed E-state index contributed by atoms with van der Waals surface area (Å²) in [6.45, 7) is 7.87. The van der Waals surface area contributed by atoms with E-state index in [1.165, 1.54) is 12.8 Å². The molecule has 1 aliphatic carbocycles. The summed E-state index contributed by atoms with van der Waals surface area (Å²) in [6, 6.07) is 0.694. The van der Waals surface area contributed by atoms with E-state index in [0.29, 0.717) is 25.0 Å². The lowest BCUT2D eigenvalue weighted by atomic mass is 10.00. The molecule has 0 spiro atoms. The van der Waals surface area contributed by atoms with Gasteiger partial charge in [-0.05, 0) is 58.9 Å². The predicted octanol–water partition coefficient (Wildman–Crippen LogP) is 1.08. The maximum Gasteiger partial charge on any atom is 0.279 e. The Labute approximate surface area is 117 Å². The highest BCUT2D eigenvalue weighted by Gasteiger charge is 2.32. The van der Waals surface area contributed by atoms with Crippen LogP contribution in [-0.2, 0) is 10.2 Å². The lowest BCUT2D eigenvalue weighted by molar-refractivity contribution is 0.254. The van der Waals surface area contributed by atoms with Crippen molar-refractivity contribution in [1.29, 1.82) is 0 Å². The fourth-order valence-electron chi connectivity index (χ4n) is 2.48. The van der Waals surface area contributed by atoms with Crippen LogP contribution in [0.1, 0.15) is 46.5 Å². The summed E-state index contributed by atoms with van der Waals surface area (Å²) in [5.41, 5.74) is -0.419. The summed E-state index contributed by atoms with van der Waals surface area (Å²) >= 11 is 0. The molecular formula is C13H27N3O2S. The minimum atomic E-state index is -3.34. The molecule has 19 heavy (non-hydrogen) atoms.